The summed E-state index contributed by atoms with van der Waals surface area (Å²) >= 11 is 0. The van der Waals surface area contributed by atoms with E-state index in [1.54, 1.807) is 0 Å². The molecule has 0 aliphatic rings. The molecule has 0 bridgehead atoms. The van der Waals surface area contributed by atoms with Crippen molar-refractivity contribution in [2.75, 3.05) is 21.1 Å². The van der Waals surface area contributed by atoms with Crippen LogP contribution >= 0.6 is 0 Å². The first-order chi connectivity index (χ1) is 9.36. The number of ether oxygens (including phenoxy) is 1. The van der Waals surface area contributed by atoms with E-state index in [1.165, 1.54) is 5.56 Å². The molecule has 0 amide bonds. The van der Waals surface area contributed by atoms with Gasteiger partial charge in [0.2, 0.25) is 0 Å². The summed E-state index contributed by atoms with van der Waals surface area (Å²) in [6.45, 7) is 8.66. The Hall–Kier alpha value is -1.06. The molecule has 2 unspecified atom stereocenters. The van der Waals surface area contributed by atoms with Gasteiger partial charge in [0.15, 0.2) is 0 Å². The molecule has 1 aromatic rings. The maximum atomic E-state index is 5.99. The number of hydrogen-bond acceptors (Lipinski definition) is 3. The summed E-state index contributed by atoms with van der Waals surface area (Å²) in [5.41, 5.74) is 1.26. The summed E-state index contributed by atoms with van der Waals surface area (Å²) in [6.07, 6.45) is 1.24. The third-order valence-corrected chi connectivity index (χ3v) is 4.24. The smallest absolute Gasteiger partial charge is 0.124 e. The van der Waals surface area contributed by atoms with E-state index >= 15 is 0 Å². The molecule has 0 aliphatic heterocycles. The number of nitrogens with one attached hydrogen (secondary N) is 1. The van der Waals surface area contributed by atoms with Crippen LogP contribution in [0.2, 0.25) is 0 Å². The number of hydrogen-bond donors (Lipinski definition) is 1. The fourth-order valence-electron chi connectivity index (χ4n) is 2.66. The summed E-state index contributed by atoms with van der Waals surface area (Å²) in [7, 11) is 6.30. The van der Waals surface area contributed by atoms with Crippen LogP contribution in [0.4, 0.5) is 0 Å². The minimum absolute atomic E-state index is 0.0329. The molecule has 2 atom stereocenters. The Bertz CT molecular complexity index is 417. The molecule has 0 aromatic heterocycles. The van der Waals surface area contributed by atoms with E-state index in [0.29, 0.717) is 0 Å². The van der Waals surface area contributed by atoms with Gasteiger partial charge in [0.25, 0.3) is 0 Å². The molecule has 0 aliphatic carbocycles. The number of rotatable bonds is 7. The average molecular weight is 278 g/mol. The number of likely N-dealkylation sites (N-methyl/N-ethyl adjacent to an activating group) is 2. The van der Waals surface area contributed by atoms with Crippen molar-refractivity contribution in [3.05, 3.63) is 29.8 Å². The van der Waals surface area contributed by atoms with E-state index in [1.807, 2.05) is 13.1 Å². The van der Waals surface area contributed by atoms with Gasteiger partial charge in [0.05, 0.1) is 12.1 Å². The minimum atomic E-state index is 0.0329. The van der Waals surface area contributed by atoms with Gasteiger partial charge < -0.3 is 15.0 Å². The van der Waals surface area contributed by atoms with Gasteiger partial charge in [-0.25, -0.2) is 0 Å². The van der Waals surface area contributed by atoms with Gasteiger partial charge in [-0.3, -0.25) is 0 Å². The summed E-state index contributed by atoms with van der Waals surface area (Å²) in [5.74, 6) is 0.975. The van der Waals surface area contributed by atoms with Crippen molar-refractivity contribution < 1.29 is 4.74 Å². The van der Waals surface area contributed by atoms with Crippen molar-refractivity contribution in [2.24, 2.45) is 0 Å². The highest BCUT2D eigenvalue weighted by atomic mass is 16.5. The Morgan fingerprint density at radius 3 is 2.30 bits per heavy atom. The van der Waals surface area contributed by atoms with Crippen LogP contribution in [-0.4, -0.2) is 37.7 Å². The summed E-state index contributed by atoms with van der Waals surface area (Å²) < 4.78 is 5.99. The summed E-state index contributed by atoms with van der Waals surface area (Å²) in [6, 6.07) is 8.56. The third-order valence-electron chi connectivity index (χ3n) is 4.24. The highest BCUT2D eigenvalue weighted by molar-refractivity contribution is 5.38. The zero-order valence-electron chi connectivity index (χ0n) is 14.0. The molecular weight excluding hydrogens is 248 g/mol. The van der Waals surface area contributed by atoms with Crippen LogP contribution in [0.25, 0.3) is 0 Å². The van der Waals surface area contributed by atoms with Gasteiger partial charge in [-0.1, -0.05) is 25.1 Å². The van der Waals surface area contributed by atoms with E-state index in [0.717, 1.165) is 12.2 Å². The molecule has 1 aromatic carbocycles. The Morgan fingerprint density at radius 1 is 1.25 bits per heavy atom. The number of benzene rings is 1. The molecule has 0 fully saturated rings. The molecule has 0 spiro atoms. The summed E-state index contributed by atoms with van der Waals surface area (Å²) in [4.78, 5) is 2.29. The lowest BCUT2D eigenvalue weighted by Crippen LogP contribution is -2.50. The van der Waals surface area contributed by atoms with Crippen molar-refractivity contribution in [3.63, 3.8) is 0 Å². The zero-order chi connectivity index (χ0) is 15.3. The van der Waals surface area contributed by atoms with Gasteiger partial charge >= 0.3 is 0 Å². The standard InChI is InChI=1S/C17H30N2O/c1-8-17(4,19(6)7)16(18-5)14-11-9-10-12-15(14)20-13(2)3/h9-13,16,18H,8H2,1-7H3. The Kier molecular flexibility index (Phi) is 6.03. The second-order valence-corrected chi connectivity index (χ2v) is 6.03. The van der Waals surface area contributed by atoms with Gasteiger partial charge in [0.1, 0.15) is 5.75 Å². The van der Waals surface area contributed by atoms with Crippen LogP contribution in [0.3, 0.4) is 0 Å². The average Bonchev–Trinajstić information content (AvgIpc) is 2.40. The number of nitrogens with zero attached hydrogens (tertiary/aromatic N) is 1. The van der Waals surface area contributed by atoms with E-state index in [4.69, 9.17) is 4.74 Å². The second kappa shape index (κ2) is 7.09. The van der Waals surface area contributed by atoms with Crippen LogP contribution in [0.5, 0.6) is 5.75 Å². The predicted octanol–water partition coefficient (Wildman–Crippen LogP) is 3.46. The van der Waals surface area contributed by atoms with Gasteiger partial charge in [-0.05, 0) is 54.4 Å². The Balaban J connectivity index is 3.24. The molecule has 3 nitrogen and oxygen atoms in total. The molecule has 0 radical (unpaired) electrons. The van der Waals surface area contributed by atoms with Gasteiger partial charge in [0, 0.05) is 11.1 Å². The van der Waals surface area contributed by atoms with Crippen molar-refractivity contribution in [1.29, 1.82) is 0 Å². The van der Waals surface area contributed by atoms with Crippen LogP contribution in [0.1, 0.15) is 45.7 Å². The zero-order valence-corrected chi connectivity index (χ0v) is 14.0. The monoisotopic (exact) mass is 278 g/mol. The van der Waals surface area contributed by atoms with Gasteiger partial charge in [-0.15, -0.1) is 0 Å². The minimum Gasteiger partial charge on any atom is -0.491 e. The maximum Gasteiger partial charge on any atom is 0.124 e. The number of para-hydroxylation sites is 1. The van der Waals surface area contributed by atoms with Gasteiger partial charge in [-0.2, -0.15) is 0 Å². The van der Waals surface area contributed by atoms with Crippen molar-refractivity contribution in [1.82, 2.24) is 10.2 Å². The Morgan fingerprint density at radius 2 is 1.85 bits per heavy atom. The Labute approximate surface area is 124 Å². The lowest BCUT2D eigenvalue weighted by Gasteiger charge is -2.43. The third kappa shape index (κ3) is 3.53. The van der Waals surface area contributed by atoms with E-state index in [-0.39, 0.29) is 17.7 Å². The molecule has 3 heteroatoms. The molecular formula is C17H30N2O. The maximum absolute atomic E-state index is 5.99. The lowest BCUT2D eigenvalue weighted by molar-refractivity contribution is 0.114. The highest BCUT2D eigenvalue weighted by Gasteiger charge is 2.36. The topological polar surface area (TPSA) is 24.5 Å². The van der Waals surface area contributed by atoms with Crippen LogP contribution in [0.15, 0.2) is 24.3 Å². The molecule has 1 rings (SSSR count). The van der Waals surface area contributed by atoms with Crippen molar-refractivity contribution in [2.45, 2.75) is 51.8 Å². The molecule has 1 N–H and O–H groups in total. The quantitative estimate of drug-likeness (QED) is 0.826. The molecule has 20 heavy (non-hydrogen) atoms. The molecule has 0 saturated heterocycles. The first-order valence-electron chi connectivity index (χ1n) is 7.47. The van der Waals surface area contributed by atoms with Crippen LogP contribution in [0, 0.1) is 0 Å². The first kappa shape index (κ1) is 17.0. The van der Waals surface area contributed by atoms with Crippen molar-refractivity contribution in [3.8, 4) is 5.75 Å². The SMILES string of the molecule is CCC(C)(C(NC)c1ccccc1OC(C)C)N(C)C. The van der Waals surface area contributed by atoms with Crippen LogP contribution < -0.4 is 10.1 Å². The highest BCUT2D eigenvalue weighted by Crippen LogP contribution is 2.37. The van der Waals surface area contributed by atoms with Crippen LogP contribution in [-0.2, 0) is 0 Å². The van der Waals surface area contributed by atoms with Crippen molar-refractivity contribution >= 4 is 0 Å². The molecule has 0 heterocycles. The lowest BCUT2D eigenvalue weighted by atomic mass is 9.83. The summed E-state index contributed by atoms with van der Waals surface area (Å²) in [5, 5.41) is 3.48. The molecule has 0 saturated carbocycles. The fourth-order valence-corrected chi connectivity index (χ4v) is 2.66. The second-order valence-electron chi connectivity index (χ2n) is 6.03. The normalized spacial score (nSPS) is 16.2. The van der Waals surface area contributed by atoms with E-state index in [2.05, 4.69) is 70.2 Å². The van der Waals surface area contributed by atoms with E-state index < -0.39 is 0 Å². The predicted molar refractivity (Wildman–Crippen MR) is 86.4 cm³/mol. The fraction of sp³-hybridized carbons (Fsp3) is 0.647. The van der Waals surface area contributed by atoms with E-state index in [9.17, 15) is 0 Å². The first-order valence-corrected chi connectivity index (χ1v) is 7.47. The largest absolute Gasteiger partial charge is 0.491 e. The molecule has 114 valence electrons.